The van der Waals surface area contributed by atoms with Gasteiger partial charge in [0.15, 0.2) is 0 Å². The third-order valence-electron chi connectivity index (χ3n) is 4.04. The number of methoxy groups -OCH3 is 1. The van der Waals surface area contributed by atoms with E-state index in [2.05, 4.69) is 5.32 Å². The maximum Gasteiger partial charge on any atom is 0.251 e. The number of ether oxygens (including phenoxy) is 1. The first-order chi connectivity index (χ1) is 9.60. The molecule has 0 aliphatic heterocycles. The summed E-state index contributed by atoms with van der Waals surface area (Å²) >= 11 is 0. The highest BCUT2D eigenvalue weighted by atomic mass is 35.5. The summed E-state index contributed by atoms with van der Waals surface area (Å²) in [7, 11) is 1.62. The molecule has 2 unspecified atom stereocenters. The van der Waals surface area contributed by atoms with Crippen LogP contribution in [0.15, 0.2) is 18.2 Å². The molecule has 5 heteroatoms. The molecule has 1 aromatic rings. The minimum Gasteiger partial charge on any atom is -0.496 e. The highest BCUT2D eigenvalue weighted by molar-refractivity contribution is 5.94. The molecule has 2 atom stereocenters. The third-order valence-corrected chi connectivity index (χ3v) is 4.04. The molecule has 1 amide bonds. The van der Waals surface area contributed by atoms with E-state index in [4.69, 9.17) is 10.5 Å². The smallest absolute Gasteiger partial charge is 0.251 e. The van der Waals surface area contributed by atoms with Crippen molar-refractivity contribution in [1.82, 2.24) is 5.32 Å². The summed E-state index contributed by atoms with van der Waals surface area (Å²) in [6, 6.07) is 5.83. The second-order valence-electron chi connectivity index (χ2n) is 5.69. The zero-order valence-corrected chi connectivity index (χ0v) is 13.5. The average molecular weight is 313 g/mol. The lowest BCUT2D eigenvalue weighted by molar-refractivity contribution is 0.0942. The number of rotatable bonds is 4. The molecule has 0 bridgehead atoms. The Morgan fingerprint density at radius 2 is 2.19 bits per heavy atom. The van der Waals surface area contributed by atoms with Gasteiger partial charge in [-0.3, -0.25) is 4.79 Å². The number of aryl methyl sites for hydroxylation is 1. The highest BCUT2D eigenvalue weighted by Gasteiger charge is 2.20. The van der Waals surface area contributed by atoms with Crippen molar-refractivity contribution >= 4 is 18.3 Å². The Kier molecular flexibility index (Phi) is 6.99. The first-order valence-corrected chi connectivity index (χ1v) is 7.28. The van der Waals surface area contributed by atoms with Crippen LogP contribution in [0.3, 0.4) is 0 Å². The molecule has 1 aliphatic carbocycles. The van der Waals surface area contributed by atoms with E-state index >= 15 is 0 Å². The molecule has 0 aromatic heterocycles. The van der Waals surface area contributed by atoms with Gasteiger partial charge in [0.1, 0.15) is 5.75 Å². The number of carbonyl (C=O) groups is 1. The highest BCUT2D eigenvalue weighted by Crippen LogP contribution is 2.23. The lowest BCUT2D eigenvalue weighted by Gasteiger charge is -2.26. The molecule has 0 saturated heterocycles. The molecule has 118 valence electrons. The molecular formula is C16H25ClN2O2. The number of hydrogen-bond acceptors (Lipinski definition) is 3. The zero-order chi connectivity index (χ0) is 14.5. The van der Waals surface area contributed by atoms with E-state index in [9.17, 15) is 4.79 Å². The Morgan fingerprint density at radius 1 is 1.43 bits per heavy atom. The average Bonchev–Trinajstić information content (AvgIpc) is 2.45. The first kappa shape index (κ1) is 17.8. The summed E-state index contributed by atoms with van der Waals surface area (Å²) in [5.74, 6) is 1.22. The van der Waals surface area contributed by atoms with Crippen LogP contribution >= 0.6 is 12.4 Å². The maximum absolute atomic E-state index is 12.2. The third kappa shape index (κ3) is 4.90. The van der Waals surface area contributed by atoms with Gasteiger partial charge in [-0.2, -0.15) is 0 Å². The molecular weight excluding hydrogens is 288 g/mol. The molecule has 0 spiro atoms. The van der Waals surface area contributed by atoms with Crippen molar-refractivity contribution in [3.8, 4) is 5.75 Å². The van der Waals surface area contributed by atoms with Gasteiger partial charge in [0.05, 0.1) is 7.11 Å². The summed E-state index contributed by atoms with van der Waals surface area (Å²) in [6.07, 6.45) is 4.45. The van der Waals surface area contributed by atoms with Gasteiger partial charge in [-0.15, -0.1) is 12.4 Å². The molecule has 21 heavy (non-hydrogen) atoms. The van der Waals surface area contributed by atoms with Crippen molar-refractivity contribution < 1.29 is 9.53 Å². The number of nitrogens with two attached hydrogens (primary N) is 1. The van der Waals surface area contributed by atoms with Crippen molar-refractivity contribution in [2.75, 3.05) is 13.7 Å². The largest absolute Gasteiger partial charge is 0.496 e. The molecule has 1 fully saturated rings. The van der Waals surface area contributed by atoms with Gasteiger partial charge in [0.2, 0.25) is 0 Å². The minimum atomic E-state index is -0.0394. The zero-order valence-electron chi connectivity index (χ0n) is 12.7. The quantitative estimate of drug-likeness (QED) is 0.898. The summed E-state index contributed by atoms with van der Waals surface area (Å²) in [5, 5.41) is 3.01. The number of benzene rings is 1. The second-order valence-corrected chi connectivity index (χ2v) is 5.69. The monoisotopic (exact) mass is 312 g/mol. The van der Waals surface area contributed by atoms with Crippen LogP contribution in [0.25, 0.3) is 0 Å². The van der Waals surface area contributed by atoms with Crippen LogP contribution in [0.5, 0.6) is 5.75 Å². The van der Waals surface area contributed by atoms with E-state index in [0.29, 0.717) is 24.1 Å². The number of amides is 1. The number of carbonyl (C=O) groups excluding carboxylic acids is 1. The molecule has 3 N–H and O–H groups in total. The Hall–Kier alpha value is -1.26. The van der Waals surface area contributed by atoms with E-state index in [1.807, 2.05) is 19.1 Å². The number of hydrogen-bond donors (Lipinski definition) is 2. The van der Waals surface area contributed by atoms with Crippen molar-refractivity contribution in [3.63, 3.8) is 0 Å². The van der Waals surface area contributed by atoms with Gasteiger partial charge < -0.3 is 15.8 Å². The van der Waals surface area contributed by atoms with Crippen molar-refractivity contribution in [3.05, 3.63) is 29.3 Å². The van der Waals surface area contributed by atoms with Crippen LogP contribution < -0.4 is 15.8 Å². The van der Waals surface area contributed by atoms with Crippen molar-refractivity contribution in [2.24, 2.45) is 11.7 Å². The fraction of sp³-hybridized carbons (Fsp3) is 0.562. The Balaban J connectivity index is 0.00000220. The normalized spacial score (nSPS) is 21.3. The van der Waals surface area contributed by atoms with Gasteiger partial charge in [0.25, 0.3) is 5.91 Å². The van der Waals surface area contributed by atoms with E-state index in [1.54, 1.807) is 13.2 Å². The lowest BCUT2D eigenvalue weighted by atomic mass is 9.86. The molecule has 4 nitrogen and oxygen atoms in total. The fourth-order valence-electron chi connectivity index (χ4n) is 2.82. The molecule has 1 saturated carbocycles. The fourth-order valence-corrected chi connectivity index (χ4v) is 2.82. The van der Waals surface area contributed by atoms with Crippen LogP contribution in [0.2, 0.25) is 0 Å². The van der Waals surface area contributed by atoms with E-state index in [1.165, 1.54) is 6.42 Å². The first-order valence-electron chi connectivity index (χ1n) is 7.28. The van der Waals surface area contributed by atoms with Crippen LogP contribution in [-0.4, -0.2) is 25.6 Å². The van der Waals surface area contributed by atoms with Crippen molar-refractivity contribution in [2.45, 2.75) is 38.6 Å². The Morgan fingerprint density at radius 3 is 2.86 bits per heavy atom. The Bertz CT molecular complexity index is 479. The topological polar surface area (TPSA) is 64.3 Å². The minimum absolute atomic E-state index is 0. The summed E-state index contributed by atoms with van der Waals surface area (Å²) in [4.78, 5) is 12.2. The molecule has 1 aromatic carbocycles. The predicted molar refractivity (Wildman–Crippen MR) is 87.2 cm³/mol. The van der Waals surface area contributed by atoms with Gasteiger partial charge in [-0.05, 0) is 49.8 Å². The summed E-state index contributed by atoms with van der Waals surface area (Å²) in [5.41, 5.74) is 7.64. The molecule has 2 rings (SSSR count). The Labute approximate surface area is 132 Å². The van der Waals surface area contributed by atoms with Crippen LogP contribution in [0, 0.1) is 12.8 Å². The summed E-state index contributed by atoms with van der Waals surface area (Å²) in [6.45, 7) is 2.67. The maximum atomic E-state index is 12.2. The standard InChI is InChI=1S/C16H24N2O2.ClH/c1-11-6-7-13(9-15(11)20-2)16(19)18-10-12-4-3-5-14(17)8-12;/h6-7,9,12,14H,3-5,8,10,17H2,1-2H3,(H,18,19);1H. The van der Waals surface area contributed by atoms with Crippen LogP contribution in [0.4, 0.5) is 0 Å². The number of nitrogens with one attached hydrogen (secondary N) is 1. The van der Waals surface area contributed by atoms with Gasteiger partial charge >= 0.3 is 0 Å². The lowest BCUT2D eigenvalue weighted by Crippen LogP contribution is -2.35. The summed E-state index contributed by atoms with van der Waals surface area (Å²) < 4.78 is 5.25. The molecule has 0 radical (unpaired) electrons. The van der Waals surface area contributed by atoms with E-state index in [-0.39, 0.29) is 18.3 Å². The number of halogens is 1. The van der Waals surface area contributed by atoms with Crippen LogP contribution in [0.1, 0.15) is 41.6 Å². The van der Waals surface area contributed by atoms with Crippen molar-refractivity contribution in [1.29, 1.82) is 0 Å². The van der Waals surface area contributed by atoms with E-state index < -0.39 is 0 Å². The van der Waals surface area contributed by atoms with E-state index in [0.717, 1.165) is 30.6 Å². The van der Waals surface area contributed by atoms with Crippen LogP contribution in [-0.2, 0) is 0 Å². The SMILES string of the molecule is COc1cc(C(=O)NCC2CCCC(N)C2)ccc1C.Cl. The molecule has 1 aliphatic rings. The van der Waals surface area contributed by atoms with Gasteiger partial charge in [-0.1, -0.05) is 12.5 Å². The van der Waals surface area contributed by atoms with Gasteiger partial charge in [0, 0.05) is 18.2 Å². The van der Waals surface area contributed by atoms with Gasteiger partial charge in [-0.25, -0.2) is 0 Å². The molecule has 0 heterocycles. The second kappa shape index (κ2) is 8.25. The predicted octanol–water partition coefficient (Wildman–Crippen LogP) is 2.67.